The van der Waals surface area contributed by atoms with Crippen LogP contribution in [0.3, 0.4) is 0 Å². The summed E-state index contributed by atoms with van der Waals surface area (Å²) in [6, 6.07) is 4.66. The molecule has 25 heavy (non-hydrogen) atoms. The lowest BCUT2D eigenvalue weighted by molar-refractivity contribution is -0.122. The monoisotopic (exact) mass is 366 g/mol. The number of carbonyl (C=O) groups is 1. The molecule has 1 spiro atoms. The molecule has 0 radical (unpaired) electrons. The van der Waals surface area contributed by atoms with Gasteiger partial charge in [-0.05, 0) is 62.8 Å². The van der Waals surface area contributed by atoms with E-state index in [1.807, 2.05) is 18.7 Å². The van der Waals surface area contributed by atoms with Crippen molar-refractivity contribution in [1.29, 1.82) is 0 Å². The number of rotatable bonds is 1. The molecular weight excluding hydrogens is 340 g/mol. The third-order valence-electron chi connectivity index (χ3n) is 5.85. The molecule has 2 bridgehead atoms. The number of hydrogen-bond acceptors (Lipinski definition) is 4. The van der Waals surface area contributed by atoms with Crippen molar-refractivity contribution in [2.75, 3.05) is 19.7 Å². The summed E-state index contributed by atoms with van der Waals surface area (Å²) in [7, 11) is 0. The molecule has 1 unspecified atom stereocenters. The molecule has 1 aromatic rings. The number of benzene rings is 1. The normalized spacial score (nSPS) is 31.0. The predicted octanol–water partition coefficient (Wildman–Crippen LogP) is 2.56. The first-order chi connectivity index (χ1) is 11.5. The third kappa shape index (κ3) is 3.37. The SMILES string of the molecule is Cc1cc(C(=O)N2CCOC3(C[C@H]4CC[C@@H](C3)N4)C2)cc(C)c1O.Cl. The number of hydrogen-bond donors (Lipinski definition) is 2. The van der Waals surface area contributed by atoms with E-state index in [9.17, 15) is 9.90 Å². The van der Waals surface area contributed by atoms with Gasteiger partial charge in [-0.2, -0.15) is 0 Å². The minimum Gasteiger partial charge on any atom is -0.507 e. The number of halogens is 1. The summed E-state index contributed by atoms with van der Waals surface area (Å²) in [5, 5.41) is 13.6. The number of aromatic hydroxyl groups is 1. The summed E-state index contributed by atoms with van der Waals surface area (Å²) in [5.41, 5.74) is 1.99. The number of phenolic OH excluding ortho intramolecular Hbond substituents is 1. The fraction of sp³-hybridized carbons (Fsp3) is 0.632. The van der Waals surface area contributed by atoms with E-state index in [0.717, 1.165) is 24.0 Å². The van der Waals surface area contributed by atoms with Gasteiger partial charge in [0.2, 0.25) is 0 Å². The van der Waals surface area contributed by atoms with Crippen LogP contribution < -0.4 is 5.32 Å². The van der Waals surface area contributed by atoms with E-state index in [2.05, 4.69) is 5.32 Å². The van der Waals surface area contributed by atoms with Crippen LogP contribution in [0, 0.1) is 13.8 Å². The fourth-order valence-corrected chi connectivity index (χ4v) is 4.73. The number of nitrogens with one attached hydrogen (secondary N) is 1. The molecule has 3 fully saturated rings. The lowest BCUT2D eigenvalue weighted by atomic mass is 9.85. The fourth-order valence-electron chi connectivity index (χ4n) is 4.73. The summed E-state index contributed by atoms with van der Waals surface area (Å²) in [4.78, 5) is 14.9. The minimum atomic E-state index is -0.175. The quantitative estimate of drug-likeness (QED) is 0.801. The number of ether oxygens (including phenoxy) is 1. The topological polar surface area (TPSA) is 61.8 Å². The highest BCUT2D eigenvalue weighted by atomic mass is 35.5. The largest absolute Gasteiger partial charge is 0.507 e. The van der Waals surface area contributed by atoms with Gasteiger partial charge < -0.3 is 20.1 Å². The average Bonchev–Trinajstić information content (AvgIpc) is 2.91. The standard InChI is InChI=1S/C19H26N2O3.ClH/c1-12-7-14(8-13(2)17(12)22)18(23)21-5-6-24-19(11-21)9-15-3-4-16(10-19)20-15;/h7-8,15-16,20,22H,3-6,9-11H2,1-2H3;1H/t15-,16+,19?;. The molecule has 0 aliphatic carbocycles. The minimum absolute atomic E-state index is 0. The van der Waals surface area contributed by atoms with Gasteiger partial charge in [0.15, 0.2) is 0 Å². The Bertz CT molecular complexity index is 644. The van der Waals surface area contributed by atoms with Crippen LogP contribution in [0.15, 0.2) is 12.1 Å². The first kappa shape index (κ1) is 18.5. The molecule has 1 aromatic carbocycles. The second-order valence-electron chi connectivity index (χ2n) is 7.76. The Balaban J connectivity index is 0.00000182. The van der Waals surface area contributed by atoms with E-state index in [1.54, 1.807) is 12.1 Å². The van der Waals surface area contributed by atoms with Gasteiger partial charge in [-0.3, -0.25) is 4.79 Å². The smallest absolute Gasteiger partial charge is 0.254 e. The molecule has 2 N–H and O–H groups in total. The van der Waals surface area contributed by atoms with Gasteiger partial charge in [-0.1, -0.05) is 0 Å². The summed E-state index contributed by atoms with van der Waals surface area (Å²) in [6.07, 6.45) is 4.45. The summed E-state index contributed by atoms with van der Waals surface area (Å²) < 4.78 is 6.20. The first-order valence-corrected chi connectivity index (χ1v) is 8.95. The maximum atomic E-state index is 13.0. The van der Waals surface area contributed by atoms with Crippen molar-refractivity contribution in [2.45, 2.75) is 57.2 Å². The van der Waals surface area contributed by atoms with Crippen molar-refractivity contribution in [3.63, 3.8) is 0 Å². The molecule has 3 atom stereocenters. The first-order valence-electron chi connectivity index (χ1n) is 8.95. The Labute approximate surface area is 155 Å². The van der Waals surface area contributed by atoms with Crippen LogP contribution in [0.2, 0.25) is 0 Å². The molecule has 1 amide bonds. The van der Waals surface area contributed by atoms with Crippen LogP contribution in [-0.4, -0.2) is 53.3 Å². The second-order valence-corrected chi connectivity index (χ2v) is 7.76. The van der Waals surface area contributed by atoms with E-state index < -0.39 is 0 Å². The third-order valence-corrected chi connectivity index (χ3v) is 5.85. The molecule has 3 aliphatic heterocycles. The zero-order chi connectivity index (χ0) is 16.9. The van der Waals surface area contributed by atoms with Gasteiger partial charge in [0.05, 0.1) is 18.8 Å². The zero-order valence-corrected chi connectivity index (χ0v) is 15.7. The van der Waals surface area contributed by atoms with E-state index in [1.165, 1.54) is 12.8 Å². The Hall–Kier alpha value is -1.30. The maximum absolute atomic E-state index is 13.0. The lowest BCUT2D eigenvalue weighted by Gasteiger charge is -2.47. The molecule has 0 saturated carbocycles. The van der Waals surface area contributed by atoms with Crippen LogP contribution in [0.5, 0.6) is 5.75 Å². The average molecular weight is 367 g/mol. The number of nitrogens with zero attached hydrogens (tertiary/aromatic N) is 1. The van der Waals surface area contributed by atoms with E-state index >= 15 is 0 Å². The number of aryl methyl sites for hydroxylation is 2. The summed E-state index contributed by atoms with van der Waals surface area (Å²) in [6.45, 7) is 5.61. The van der Waals surface area contributed by atoms with Crippen LogP contribution in [0.25, 0.3) is 0 Å². The number of carbonyl (C=O) groups excluding carboxylic acids is 1. The molecule has 3 aliphatic rings. The summed E-state index contributed by atoms with van der Waals surface area (Å²) in [5.74, 6) is 0.328. The molecular formula is C19H27ClN2O3. The number of fused-ring (bicyclic) bond motifs is 2. The van der Waals surface area contributed by atoms with Crippen molar-refractivity contribution in [3.05, 3.63) is 28.8 Å². The highest BCUT2D eigenvalue weighted by molar-refractivity contribution is 5.95. The Morgan fingerprint density at radius 2 is 1.84 bits per heavy atom. The number of piperidine rings is 1. The molecule has 0 aromatic heterocycles. The highest BCUT2D eigenvalue weighted by Crippen LogP contribution is 2.38. The molecule has 3 heterocycles. The van der Waals surface area contributed by atoms with E-state index in [-0.39, 0.29) is 29.7 Å². The molecule has 4 rings (SSSR count). The van der Waals surface area contributed by atoms with Crippen molar-refractivity contribution in [1.82, 2.24) is 10.2 Å². The van der Waals surface area contributed by atoms with Gasteiger partial charge in [-0.15, -0.1) is 12.4 Å². The Morgan fingerprint density at radius 1 is 1.24 bits per heavy atom. The van der Waals surface area contributed by atoms with Gasteiger partial charge >= 0.3 is 0 Å². The van der Waals surface area contributed by atoms with Crippen LogP contribution >= 0.6 is 12.4 Å². The van der Waals surface area contributed by atoms with E-state index in [4.69, 9.17) is 4.74 Å². The van der Waals surface area contributed by atoms with Crippen molar-refractivity contribution < 1.29 is 14.6 Å². The van der Waals surface area contributed by atoms with Crippen molar-refractivity contribution in [2.24, 2.45) is 0 Å². The number of phenols is 1. The zero-order valence-electron chi connectivity index (χ0n) is 14.9. The lowest BCUT2D eigenvalue weighted by Crippen LogP contribution is -2.60. The summed E-state index contributed by atoms with van der Waals surface area (Å²) >= 11 is 0. The Kier molecular flexibility index (Phi) is 5.02. The van der Waals surface area contributed by atoms with Crippen LogP contribution in [0.1, 0.15) is 47.2 Å². The molecule has 5 nitrogen and oxygen atoms in total. The van der Waals surface area contributed by atoms with Crippen LogP contribution in [-0.2, 0) is 4.74 Å². The predicted molar refractivity (Wildman–Crippen MR) is 98.6 cm³/mol. The van der Waals surface area contributed by atoms with Crippen LogP contribution in [0.4, 0.5) is 0 Å². The van der Waals surface area contributed by atoms with Gasteiger partial charge in [-0.25, -0.2) is 0 Å². The molecule has 6 heteroatoms. The Morgan fingerprint density at radius 3 is 2.44 bits per heavy atom. The number of morpholine rings is 1. The molecule has 3 saturated heterocycles. The number of amides is 1. The van der Waals surface area contributed by atoms with Crippen molar-refractivity contribution >= 4 is 18.3 Å². The second kappa shape index (κ2) is 6.78. The maximum Gasteiger partial charge on any atom is 0.254 e. The van der Waals surface area contributed by atoms with Gasteiger partial charge in [0.1, 0.15) is 5.75 Å². The highest BCUT2D eigenvalue weighted by Gasteiger charge is 2.47. The van der Waals surface area contributed by atoms with Gasteiger partial charge in [0.25, 0.3) is 5.91 Å². The van der Waals surface area contributed by atoms with Crippen molar-refractivity contribution in [3.8, 4) is 5.75 Å². The van der Waals surface area contributed by atoms with E-state index in [0.29, 0.717) is 37.3 Å². The van der Waals surface area contributed by atoms with Gasteiger partial charge in [0, 0.05) is 24.2 Å². The molecule has 138 valence electrons.